The minimum absolute atomic E-state index is 0.258. The zero-order valence-electron chi connectivity index (χ0n) is 11.3. The molecule has 96 valence electrons. The van der Waals surface area contributed by atoms with Crippen molar-refractivity contribution < 1.29 is 4.74 Å². The molecule has 1 N–H and O–H groups in total. The molecule has 0 saturated heterocycles. The molecule has 2 aromatic rings. The van der Waals surface area contributed by atoms with Gasteiger partial charge in [0.15, 0.2) is 0 Å². The van der Waals surface area contributed by atoms with E-state index in [1.807, 2.05) is 24.5 Å². The maximum Gasteiger partial charge on any atom is 0.121 e. The molecule has 0 amide bonds. The predicted octanol–water partition coefficient (Wildman–Crippen LogP) is 3.68. The van der Waals surface area contributed by atoms with E-state index < -0.39 is 0 Å². The van der Waals surface area contributed by atoms with Crippen molar-refractivity contribution in [3.05, 3.63) is 51.2 Å². The van der Waals surface area contributed by atoms with Gasteiger partial charge in [0.1, 0.15) is 5.75 Å². The molecule has 0 fully saturated rings. The van der Waals surface area contributed by atoms with Crippen molar-refractivity contribution in [3.8, 4) is 5.75 Å². The molecule has 0 radical (unpaired) electrons. The lowest BCUT2D eigenvalue weighted by Gasteiger charge is -2.16. The second-order valence-corrected chi connectivity index (χ2v) is 5.72. The van der Waals surface area contributed by atoms with Crippen LogP contribution in [0, 0.1) is 13.8 Å². The Bertz CT molecular complexity index is 533. The second kappa shape index (κ2) is 5.55. The van der Waals surface area contributed by atoms with E-state index in [4.69, 9.17) is 4.74 Å². The highest BCUT2D eigenvalue weighted by molar-refractivity contribution is 7.12. The molecule has 3 heteroatoms. The third-order valence-corrected chi connectivity index (χ3v) is 4.15. The normalized spacial score (nSPS) is 12.4. The van der Waals surface area contributed by atoms with E-state index >= 15 is 0 Å². The molecule has 0 aliphatic heterocycles. The van der Waals surface area contributed by atoms with E-state index in [0.29, 0.717) is 0 Å². The summed E-state index contributed by atoms with van der Waals surface area (Å²) in [6.07, 6.45) is 0. The first kappa shape index (κ1) is 13.1. The Labute approximate surface area is 113 Å². The van der Waals surface area contributed by atoms with Crippen molar-refractivity contribution in [1.29, 1.82) is 0 Å². The Kier molecular flexibility index (Phi) is 4.04. The molecular weight excluding hydrogens is 242 g/mol. The molecule has 0 aliphatic carbocycles. The van der Waals surface area contributed by atoms with Crippen LogP contribution in [0.1, 0.15) is 26.9 Å². The number of hydrogen-bond acceptors (Lipinski definition) is 3. The summed E-state index contributed by atoms with van der Waals surface area (Å²) in [6, 6.07) is 11.0. The third kappa shape index (κ3) is 2.57. The van der Waals surface area contributed by atoms with Crippen molar-refractivity contribution >= 4 is 11.3 Å². The van der Waals surface area contributed by atoms with Gasteiger partial charge in [-0.1, -0.05) is 12.1 Å². The van der Waals surface area contributed by atoms with Crippen LogP contribution in [0.25, 0.3) is 0 Å². The van der Waals surface area contributed by atoms with Gasteiger partial charge in [-0.15, -0.1) is 11.3 Å². The molecule has 1 aromatic heterocycles. The highest BCUT2D eigenvalue weighted by Gasteiger charge is 2.14. The molecule has 0 spiro atoms. The lowest BCUT2D eigenvalue weighted by Crippen LogP contribution is -2.16. The highest BCUT2D eigenvalue weighted by Crippen LogP contribution is 2.30. The summed E-state index contributed by atoms with van der Waals surface area (Å²) in [7, 11) is 3.71. The molecule has 18 heavy (non-hydrogen) atoms. The summed E-state index contributed by atoms with van der Waals surface area (Å²) in [5, 5.41) is 3.38. The summed E-state index contributed by atoms with van der Waals surface area (Å²) in [6.45, 7) is 4.22. The number of methoxy groups -OCH3 is 1. The van der Waals surface area contributed by atoms with Gasteiger partial charge in [0.25, 0.3) is 0 Å². The maximum atomic E-state index is 5.31. The van der Waals surface area contributed by atoms with E-state index in [2.05, 4.69) is 43.4 Å². The van der Waals surface area contributed by atoms with Gasteiger partial charge in [0.2, 0.25) is 0 Å². The van der Waals surface area contributed by atoms with Crippen LogP contribution in [0.4, 0.5) is 0 Å². The summed E-state index contributed by atoms with van der Waals surface area (Å²) >= 11 is 1.84. The van der Waals surface area contributed by atoms with E-state index in [9.17, 15) is 0 Å². The van der Waals surface area contributed by atoms with Gasteiger partial charge in [-0.2, -0.15) is 0 Å². The van der Waals surface area contributed by atoms with Crippen LogP contribution in [-0.4, -0.2) is 14.2 Å². The highest BCUT2D eigenvalue weighted by atomic mass is 32.1. The number of benzene rings is 1. The Morgan fingerprint density at radius 3 is 2.44 bits per heavy atom. The van der Waals surface area contributed by atoms with Crippen LogP contribution in [0.5, 0.6) is 5.75 Å². The molecule has 1 atom stereocenters. The number of hydrogen-bond donors (Lipinski definition) is 1. The molecular formula is C15H19NOS. The smallest absolute Gasteiger partial charge is 0.121 e. The van der Waals surface area contributed by atoms with E-state index in [0.717, 1.165) is 5.75 Å². The molecule has 1 heterocycles. The van der Waals surface area contributed by atoms with E-state index in [1.54, 1.807) is 7.11 Å². The molecule has 0 aliphatic rings. The van der Waals surface area contributed by atoms with Crippen molar-refractivity contribution in [2.75, 3.05) is 14.2 Å². The van der Waals surface area contributed by atoms with Crippen LogP contribution in [0.2, 0.25) is 0 Å². The summed E-state index contributed by atoms with van der Waals surface area (Å²) in [4.78, 5) is 2.69. The summed E-state index contributed by atoms with van der Waals surface area (Å²) < 4.78 is 5.31. The van der Waals surface area contributed by atoms with Crippen molar-refractivity contribution in [2.45, 2.75) is 19.9 Å². The van der Waals surface area contributed by atoms with Crippen LogP contribution in [0.3, 0.4) is 0 Å². The Balaban J connectivity index is 2.36. The average molecular weight is 261 g/mol. The van der Waals surface area contributed by atoms with Gasteiger partial charge in [-0.25, -0.2) is 0 Å². The number of ether oxygens (including phenoxy) is 1. The van der Waals surface area contributed by atoms with Crippen LogP contribution < -0.4 is 10.1 Å². The fraction of sp³-hybridized carbons (Fsp3) is 0.333. The molecule has 1 unspecified atom stereocenters. The molecule has 2 rings (SSSR count). The minimum Gasteiger partial charge on any atom is -0.496 e. The van der Waals surface area contributed by atoms with Crippen LogP contribution >= 0.6 is 11.3 Å². The Morgan fingerprint density at radius 2 is 1.94 bits per heavy atom. The Morgan fingerprint density at radius 1 is 1.17 bits per heavy atom. The van der Waals surface area contributed by atoms with Gasteiger partial charge in [-0.05, 0) is 50.2 Å². The number of aryl methyl sites for hydroxylation is 2. The van der Waals surface area contributed by atoms with Crippen molar-refractivity contribution in [1.82, 2.24) is 5.32 Å². The van der Waals surface area contributed by atoms with Gasteiger partial charge in [-0.3, -0.25) is 0 Å². The largest absolute Gasteiger partial charge is 0.496 e. The number of rotatable bonds is 4. The topological polar surface area (TPSA) is 21.3 Å². The fourth-order valence-electron chi connectivity index (χ4n) is 2.16. The van der Waals surface area contributed by atoms with Gasteiger partial charge < -0.3 is 10.1 Å². The van der Waals surface area contributed by atoms with E-state index in [-0.39, 0.29) is 6.04 Å². The first-order valence-corrected chi connectivity index (χ1v) is 6.85. The molecule has 0 bridgehead atoms. The van der Waals surface area contributed by atoms with E-state index in [1.165, 1.54) is 20.9 Å². The molecule has 1 aromatic carbocycles. The second-order valence-electron chi connectivity index (χ2n) is 4.40. The lowest BCUT2D eigenvalue weighted by atomic mass is 10.0. The first-order valence-electron chi connectivity index (χ1n) is 6.04. The predicted molar refractivity (Wildman–Crippen MR) is 77.7 cm³/mol. The number of nitrogens with one attached hydrogen (secondary N) is 1. The summed E-state index contributed by atoms with van der Waals surface area (Å²) in [5.74, 6) is 0.941. The van der Waals surface area contributed by atoms with Crippen molar-refractivity contribution in [2.24, 2.45) is 0 Å². The van der Waals surface area contributed by atoms with Gasteiger partial charge >= 0.3 is 0 Å². The molecule has 2 nitrogen and oxygen atoms in total. The zero-order valence-corrected chi connectivity index (χ0v) is 12.1. The lowest BCUT2D eigenvalue weighted by molar-refractivity contribution is 0.411. The number of thiophene rings is 1. The maximum absolute atomic E-state index is 5.31. The summed E-state index contributed by atoms with van der Waals surface area (Å²) in [5.41, 5.74) is 2.45. The van der Waals surface area contributed by atoms with Crippen molar-refractivity contribution in [3.63, 3.8) is 0 Å². The molecule has 0 saturated carbocycles. The SMILES string of the molecule is CNC(c1ccc(OC)c(C)c1)c1ccc(C)s1. The monoisotopic (exact) mass is 261 g/mol. The quantitative estimate of drug-likeness (QED) is 0.906. The average Bonchev–Trinajstić information content (AvgIpc) is 2.77. The van der Waals surface area contributed by atoms with Gasteiger partial charge in [0, 0.05) is 9.75 Å². The first-order chi connectivity index (χ1) is 8.65. The Hall–Kier alpha value is -1.32. The zero-order chi connectivity index (χ0) is 13.1. The standard InChI is InChI=1S/C15H19NOS/c1-10-9-12(6-7-13(10)17-4)15(16-3)14-8-5-11(2)18-14/h5-9,15-16H,1-4H3. The van der Waals surface area contributed by atoms with Crippen LogP contribution in [0.15, 0.2) is 30.3 Å². The van der Waals surface area contributed by atoms with Gasteiger partial charge in [0.05, 0.1) is 13.2 Å². The third-order valence-electron chi connectivity index (χ3n) is 3.09. The minimum atomic E-state index is 0.258. The fourth-order valence-corrected chi connectivity index (χ4v) is 3.18. The van der Waals surface area contributed by atoms with Crippen LogP contribution in [-0.2, 0) is 0 Å².